The molecule has 0 saturated carbocycles. The molecule has 0 aliphatic heterocycles. The predicted molar refractivity (Wildman–Crippen MR) is 66.3 cm³/mol. The van der Waals surface area contributed by atoms with Crippen molar-refractivity contribution in [3.05, 3.63) is 18.0 Å². The first-order chi connectivity index (χ1) is 8.02. The summed E-state index contributed by atoms with van der Waals surface area (Å²) in [5, 5.41) is 8.02. The van der Waals surface area contributed by atoms with E-state index in [9.17, 15) is 4.79 Å². The maximum atomic E-state index is 11.7. The van der Waals surface area contributed by atoms with Gasteiger partial charge in [0.25, 0.3) is 0 Å². The summed E-state index contributed by atoms with van der Waals surface area (Å²) in [4.78, 5) is 11.7. The molecule has 2 rings (SSSR count). The van der Waals surface area contributed by atoms with Crippen LogP contribution in [0.25, 0.3) is 5.57 Å². The molecule has 0 unspecified atom stereocenters. The Morgan fingerprint density at radius 3 is 2.82 bits per heavy atom. The van der Waals surface area contributed by atoms with Crippen LogP contribution in [0.15, 0.2) is 12.3 Å². The Morgan fingerprint density at radius 2 is 2.18 bits per heavy atom. The van der Waals surface area contributed by atoms with E-state index in [2.05, 4.69) is 31.1 Å². The van der Waals surface area contributed by atoms with Gasteiger partial charge in [-0.1, -0.05) is 26.0 Å². The first-order valence-electron chi connectivity index (χ1n) is 6.14. The topological polar surface area (TPSA) is 47.8 Å². The van der Waals surface area contributed by atoms with Crippen molar-refractivity contribution in [1.82, 2.24) is 15.0 Å². The first kappa shape index (κ1) is 12.0. The lowest BCUT2D eigenvalue weighted by atomic mass is 9.76. The van der Waals surface area contributed by atoms with Gasteiger partial charge in [0, 0.05) is 13.0 Å². The number of carbonyl (C=O) groups excluding carboxylic acids is 1. The highest BCUT2D eigenvalue weighted by atomic mass is 16.1. The van der Waals surface area contributed by atoms with Gasteiger partial charge in [0.05, 0.1) is 11.9 Å². The lowest BCUT2D eigenvalue weighted by Gasteiger charge is -2.28. The largest absolute Gasteiger partial charge is 0.295 e. The lowest BCUT2D eigenvalue weighted by Crippen LogP contribution is -2.22. The van der Waals surface area contributed by atoms with Crippen molar-refractivity contribution in [2.24, 2.45) is 5.41 Å². The second kappa shape index (κ2) is 4.43. The highest BCUT2D eigenvalue weighted by Crippen LogP contribution is 2.37. The van der Waals surface area contributed by atoms with Crippen molar-refractivity contribution in [1.29, 1.82) is 0 Å². The average molecular weight is 233 g/mol. The van der Waals surface area contributed by atoms with E-state index in [0.29, 0.717) is 6.42 Å². The van der Waals surface area contributed by atoms with Crippen LogP contribution < -0.4 is 0 Å². The molecular formula is C13H19N3O. The van der Waals surface area contributed by atoms with Crippen LogP contribution in [0, 0.1) is 5.41 Å². The number of allylic oxidation sites excluding steroid dienone is 2. The van der Waals surface area contributed by atoms with E-state index in [1.165, 1.54) is 0 Å². The average Bonchev–Trinajstić information content (AvgIpc) is 2.63. The molecule has 1 aliphatic rings. The fourth-order valence-corrected chi connectivity index (χ4v) is 2.39. The summed E-state index contributed by atoms with van der Waals surface area (Å²) in [5.41, 5.74) is 2.11. The molecule has 0 aromatic carbocycles. The van der Waals surface area contributed by atoms with Gasteiger partial charge in [-0.2, -0.15) is 0 Å². The maximum absolute atomic E-state index is 11.7. The van der Waals surface area contributed by atoms with Crippen LogP contribution in [0.1, 0.15) is 45.7 Å². The minimum atomic E-state index is 0.0441. The van der Waals surface area contributed by atoms with Gasteiger partial charge in [0.1, 0.15) is 0 Å². The molecule has 92 valence electrons. The van der Waals surface area contributed by atoms with Gasteiger partial charge in [-0.05, 0) is 29.9 Å². The fourth-order valence-electron chi connectivity index (χ4n) is 2.39. The van der Waals surface area contributed by atoms with Gasteiger partial charge in [-0.3, -0.25) is 4.79 Å². The highest BCUT2D eigenvalue weighted by Gasteiger charge is 2.29. The Labute approximate surface area is 102 Å². The van der Waals surface area contributed by atoms with Crippen molar-refractivity contribution < 1.29 is 4.79 Å². The van der Waals surface area contributed by atoms with E-state index in [1.54, 1.807) is 12.3 Å². The van der Waals surface area contributed by atoms with Gasteiger partial charge < -0.3 is 0 Å². The Kier molecular flexibility index (Phi) is 3.13. The van der Waals surface area contributed by atoms with Crippen LogP contribution in [0.3, 0.4) is 0 Å². The van der Waals surface area contributed by atoms with Crippen molar-refractivity contribution in [3.8, 4) is 0 Å². The number of ketones is 1. The van der Waals surface area contributed by atoms with Gasteiger partial charge in [-0.15, -0.1) is 5.10 Å². The third-order valence-corrected chi connectivity index (χ3v) is 3.04. The van der Waals surface area contributed by atoms with Crippen molar-refractivity contribution in [2.75, 3.05) is 0 Å². The van der Waals surface area contributed by atoms with Gasteiger partial charge >= 0.3 is 0 Å². The van der Waals surface area contributed by atoms with Crippen molar-refractivity contribution in [2.45, 2.75) is 46.6 Å². The number of hydrogen-bond acceptors (Lipinski definition) is 3. The molecule has 1 aliphatic carbocycles. The summed E-state index contributed by atoms with van der Waals surface area (Å²) in [6.07, 6.45) is 6.08. The fraction of sp³-hybridized carbons (Fsp3) is 0.615. The van der Waals surface area contributed by atoms with Crippen LogP contribution in [0.2, 0.25) is 0 Å². The van der Waals surface area contributed by atoms with Crippen LogP contribution in [-0.4, -0.2) is 20.8 Å². The van der Waals surface area contributed by atoms with Crippen molar-refractivity contribution in [3.63, 3.8) is 0 Å². The van der Waals surface area contributed by atoms with E-state index in [1.807, 2.05) is 4.68 Å². The van der Waals surface area contributed by atoms with Gasteiger partial charge in [0.15, 0.2) is 5.78 Å². The predicted octanol–water partition coefficient (Wildman–Crippen LogP) is 2.46. The molecule has 17 heavy (non-hydrogen) atoms. The first-order valence-corrected chi connectivity index (χ1v) is 6.14. The number of hydrogen-bond donors (Lipinski definition) is 0. The standard InChI is InChI=1S/C13H19N3O/c1-4-5-16-12(9-14-15-16)10-6-11(17)8-13(2,3)7-10/h6,9H,4-5,7-8H2,1-3H3. The second-order valence-corrected chi connectivity index (χ2v) is 5.50. The summed E-state index contributed by atoms with van der Waals surface area (Å²) < 4.78 is 1.89. The zero-order chi connectivity index (χ0) is 12.5. The molecule has 0 bridgehead atoms. The van der Waals surface area contributed by atoms with E-state index >= 15 is 0 Å². The molecule has 4 nitrogen and oxygen atoms in total. The SMILES string of the molecule is CCCn1nncc1C1=CC(=O)CC(C)(C)C1. The summed E-state index contributed by atoms with van der Waals surface area (Å²) in [7, 11) is 0. The molecule has 1 heterocycles. The molecule has 0 saturated heterocycles. The molecule has 1 aromatic rings. The van der Waals surface area contributed by atoms with Gasteiger partial charge in [-0.25, -0.2) is 4.68 Å². The number of carbonyl (C=O) groups is 1. The Morgan fingerprint density at radius 1 is 1.41 bits per heavy atom. The Hall–Kier alpha value is -1.45. The van der Waals surface area contributed by atoms with Crippen LogP contribution in [-0.2, 0) is 11.3 Å². The Balaban J connectivity index is 2.33. The lowest BCUT2D eigenvalue weighted by molar-refractivity contribution is -0.116. The summed E-state index contributed by atoms with van der Waals surface area (Å²) in [5.74, 6) is 0.209. The molecule has 0 spiro atoms. The minimum absolute atomic E-state index is 0.0441. The smallest absolute Gasteiger partial charge is 0.156 e. The van der Waals surface area contributed by atoms with Crippen LogP contribution in [0.5, 0.6) is 0 Å². The molecule has 0 amide bonds. The van der Waals surface area contributed by atoms with Crippen molar-refractivity contribution >= 4 is 11.4 Å². The summed E-state index contributed by atoms with van der Waals surface area (Å²) in [6, 6.07) is 0. The molecule has 4 heteroatoms. The quantitative estimate of drug-likeness (QED) is 0.805. The van der Waals surface area contributed by atoms with E-state index in [4.69, 9.17) is 0 Å². The number of aryl methyl sites for hydroxylation is 1. The summed E-state index contributed by atoms with van der Waals surface area (Å²) in [6.45, 7) is 7.22. The number of rotatable bonds is 3. The second-order valence-electron chi connectivity index (χ2n) is 5.50. The normalized spacial score (nSPS) is 19.2. The Bertz CT molecular complexity index is 457. The van der Waals surface area contributed by atoms with E-state index in [-0.39, 0.29) is 11.2 Å². The van der Waals surface area contributed by atoms with E-state index < -0.39 is 0 Å². The molecule has 0 atom stereocenters. The molecule has 0 N–H and O–H groups in total. The van der Waals surface area contributed by atoms with Gasteiger partial charge in [0.2, 0.25) is 0 Å². The maximum Gasteiger partial charge on any atom is 0.156 e. The summed E-state index contributed by atoms with van der Waals surface area (Å²) >= 11 is 0. The monoisotopic (exact) mass is 233 g/mol. The third-order valence-electron chi connectivity index (χ3n) is 3.04. The highest BCUT2D eigenvalue weighted by molar-refractivity contribution is 5.98. The third kappa shape index (κ3) is 2.62. The minimum Gasteiger partial charge on any atom is -0.295 e. The van der Waals surface area contributed by atoms with Crippen LogP contribution in [0.4, 0.5) is 0 Å². The number of nitrogens with zero attached hydrogens (tertiary/aromatic N) is 3. The zero-order valence-corrected chi connectivity index (χ0v) is 10.7. The van der Waals surface area contributed by atoms with Crippen LogP contribution >= 0.6 is 0 Å². The molecular weight excluding hydrogens is 214 g/mol. The molecule has 1 aromatic heterocycles. The molecule has 0 radical (unpaired) electrons. The molecule has 0 fully saturated rings. The number of aromatic nitrogens is 3. The zero-order valence-electron chi connectivity index (χ0n) is 10.7. The van der Waals surface area contributed by atoms with E-state index in [0.717, 1.165) is 30.7 Å².